The molecule has 1 heterocycles. The second kappa shape index (κ2) is 7.72. The normalized spacial score (nSPS) is 15.2. The quantitative estimate of drug-likeness (QED) is 0.593. The summed E-state index contributed by atoms with van der Waals surface area (Å²) < 4.78 is 41.2. The molecule has 0 aromatic heterocycles. The Hall–Kier alpha value is -3.12. The molecule has 0 aliphatic carbocycles. The molecule has 1 aliphatic rings. The number of hydrogen-bond acceptors (Lipinski definition) is 4. The molecule has 0 saturated carbocycles. The molecule has 4 rings (SSSR count). The Bertz CT molecular complexity index is 1010. The van der Waals surface area contributed by atoms with E-state index in [9.17, 15) is 8.78 Å². The number of rotatable bonds is 6. The molecule has 3 aromatic rings. The van der Waals surface area contributed by atoms with Gasteiger partial charge in [-0.25, -0.2) is 0 Å². The fourth-order valence-corrected chi connectivity index (χ4v) is 3.34. The van der Waals surface area contributed by atoms with Gasteiger partial charge in [0, 0.05) is 18.2 Å². The smallest absolute Gasteiger partial charge is 0.496 e. The van der Waals surface area contributed by atoms with E-state index in [1.54, 1.807) is 13.2 Å². The van der Waals surface area contributed by atoms with Crippen LogP contribution in [0.15, 0.2) is 66.7 Å². The van der Waals surface area contributed by atoms with Crippen molar-refractivity contribution in [3.63, 3.8) is 0 Å². The van der Waals surface area contributed by atoms with Gasteiger partial charge in [0.15, 0.2) is 11.5 Å². The summed E-state index contributed by atoms with van der Waals surface area (Å²) in [5, 5.41) is 3.50. The first kappa shape index (κ1) is 19.2. The third kappa shape index (κ3) is 4.17. The lowest BCUT2D eigenvalue weighted by molar-refractivity contribution is -0.286. The predicted octanol–water partition coefficient (Wildman–Crippen LogP) is 5.53. The second-order valence-corrected chi connectivity index (χ2v) is 6.88. The molecule has 0 amide bonds. The van der Waals surface area contributed by atoms with Crippen LogP contribution in [0.5, 0.6) is 17.2 Å². The highest BCUT2D eigenvalue weighted by molar-refractivity contribution is 5.73. The molecule has 1 atom stereocenters. The van der Waals surface area contributed by atoms with Gasteiger partial charge in [0.05, 0.1) is 7.11 Å². The van der Waals surface area contributed by atoms with Crippen LogP contribution in [-0.2, 0) is 6.54 Å². The largest absolute Gasteiger partial charge is 0.586 e. The predicted molar refractivity (Wildman–Crippen MR) is 106 cm³/mol. The SMILES string of the molecule is COc1ccc(CNC(C)c2ccccc2)cc1-c1ccc2c(c1)OC(F)(F)O2. The zero-order valence-corrected chi connectivity index (χ0v) is 16.1. The van der Waals surface area contributed by atoms with Gasteiger partial charge >= 0.3 is 6.29 Å². The summed E-state index contributed by atoms with van der Waals surface area (Å²) in [6.45, 7) is 2.76. The van der Waals surface area contributed by atoms with E-state index in [0.29, 0.717) is 17.9 Å². The Morgan fingerprint density at radius 3 is 2.48 bits per heavy atom. The molecule has 1 unspecified atom stereocenters. The molecule has 0 saturated heterocycles. The van der Waals surface area contributed by atoms with E-state index in [2.05, 4.69) is 33.8 Å². The van der Waals surface area contributed by atoms with Crippen LogP contribution >= 0.6 is 0 Å². The zero-order valence-electron chi connectivity index (χ0n) is 16.1. The van der Waals surface area contributed by atoms with Gasteiger partial charge in [0.25, 0.3) is 0 Å². The van der Waals surface area contributed by atoms with Crippen molar-refractivity contribution < 1.29 is 23.0 Å². The molecule has 1 aliphatic heterocycles. The number of ether oxygens (including phenoxy) is 3. The maximum Gasteiger partial charge on any atom is 0.586 e. The molecule has 3 aromatic carbocycles. The Morgan fingerprint density at radius 1 is 0.966 bits per heavy atom. The molecule has 0 bridgehead atoms. The second-order valence-electron chi connectivity index (χ2n) is 6.88. The molecule has 4 nitrogen and oxygen atoms in total. The molecular weight excluding hydrogens is 376 g/mol. The Kier molecular flexibility index (Phi) is 5.11. The van der Waals surface area contributed by atoms with Gasteiger partial charge in [-0.3, -0.25) is 0 Å². The van der Waals surface area contributed by atoms with Crippen molar-refractivity contribution in [1.29, 1.82) is 0 Å². The van der Waals surface area contributed by atoms with Crippen LogP contribution in [0, 0.1) is 0 Å². The molecular formula is C23H21F2NO3. The number of fused-ring (bicyclic) bond motifs is 1. The first-order valence-corrected chi connectivity index (χ1v) is 9.31. The van der Waals surface area contributed by atoms with E-state index >= 15 is 0 Å². The van der Waals surface area contributed by atoms with E-state index < -0.39 is 6.29 Å². The summed E-state index contributed by atoms with van der Waals surface area (Å²) in [6, 6.07) is 21.0. The van der Waals surface area contributed by atoms with Crippen LogP contribution in [0.4, 0.5) is 8.78 Å². The maximum absolute atomic E-state index is 13.3. The van der Waals surface area contributed by atoms with Crippen molar-refractivity contribution in [1.82, 2.24) is 5.32 Å². The summed E-state index contributed by atoms with van der Waals surface area (Å²) in [6.07, 6.45) is -3.63. The highest BCUT2D eigenvalue weighted by Gasteiger charge is 2.43. The van der Waals surface area contributed by atoms with E-state index in [-0.39, 0.29) is 17.5 Å². The van der Waals surface area contributed by atoms with E-state index in [1.165, 1.54) is 17.7 Å². The maximum atomic E-state index is 13.3. The molecule has 0 spiro atoms. The number of benzene rings is 3. The van der Waals surface area contributed by atoms with Crippen molar-refractivity contribution in [2.75, 3.05) is 7.11 Å². The van der Waals surface area contributed by atoms with Crippen molar-refractivity contribution in [3.8, 4) is 28.4 Å². The van der Waals surface area contributed by atoms with E-state index in [4.69, 9.17) is 4.74 Å². The van der Waals surface area contributed by atoms with Crippen molar-refractivity contribution in [3.05, 3.63) is 77.9 Å². The minimum absolute atomic E-state index is 0.00998. The lowest BCUT2D eigenvalue weighted by atomic mass is 10.0. The highest BCUT2D eigenvalue weighted by Crippen LogP contribution is 2.44. The number of methoxy groups -OCH3 is 1. The average molecular weight is 397 g/mol. The molecule has 1 N–H and O–H groups in total. The average Bonchev–Trinajstić information content (AvgIpc) is 3.05. The Labute approximate surface area is 168 Å². The van der Waals surface area contributed by atoms with Crippen molar-refractivity contribution in [2.45, 2.75) is 25.8 Å². The van der Waals surface area contributed by atoms with E-state index in [1.807, 2.05) is 36.4 Å². The first-order valence-electron chi connectivity index (χ1n) is 9.31. The zero-order chi connectivity index (χ0) is 20.4. The third-order valence-electron chi connectivity index (χ3n) is 4.89. The lowest BCUT2D eigenvalue weighted by Crippen LogP contribution is -2.25. The molecule has 0 fully saturated rings. The lowest BCUT2D eigenvalue weighted by Gasteiger charge is -2.16. The summed E-state index contributed by atoms with van der Waals surface area (Å²) in [7, 11) is 1.58. The Morgan fingerprint density at radius 2 is 1.72 bits per heavy atom. The molecule has 0 radical (unpaired) electrons. The number of halogens is 2. The highest BCUT2D eigenvalue weighted by atomic mass is 19.3. The van der Waals surface area contributed by atoms with Crippen LogP contribution in [-0.4, -0.2) is 13.4 Å². The van der Waals surface area contributed by atoms with Crippen LogP contribution < -0.4 is 19.5 Å². The van der Waals surface area contributed by atoms with E-state index in [0.717, 1.165) is 11.1 Å². The minimum Gasteiger partial charge on any atom is -0.496 e. The van der Waals surface area contributed by atoms with Crippen LogP contribution in [0.2, 0.25) is 0 Å². The van der Waals surface area contributed by atoms with Gasteiger partial charge in [-0.1, -0.05) is 42.5 Å². The number of hydrogen-bond donors (Lipinski definition) is 1. The monoisotopic (exact) mass is 397 g/mol. The number of nitrogens with one attached hydrogen (secondary N) is 1. The minimum atomic E-state index is -3.63. The molecule has 6 heteroatoms. The van der Waals surface area contributed by atoms with Gasteiger partial charge in [-0.15, -0.1) is 8.78 Å². The van der Waals surface area contributed by atoms with Gasteiger partial charge in [-0.2, -0.15) is 0 Å². The standard InChI is InChI=1S/C23H21F2NO3/c1-15(17-6-4-3-5-7-17)26-14-16-8-10-20(27-2)19(12-16)18-9-11-21-22(13-18)29-23(24,25)28-21/h3-13,15,26H,14H2,1-2H3. The van der Waals surface area contributed by atoms with Gasteiger partial charge in [0.1, 0.15) is 5.75 Å². The first-order chi connectivity index (χ1) is 13.9. The van der Waals surface area contributed by atoms with Gasteiger partial charge in [-0.05, 0) is 47.9 Å². The fraction of sp³-hybridized carbons (Fsp3) is 0.217. The van der Waals surface area contributed by atoms with Gasteiger partial charge < -0.3 is 19.5 Å². The van der Waals surface area contributed by atoms with Crippen molar-refractivity contribution in [2.24, 2.45) is 0 Å². The van der Waals surface area contributed by atoms with Crippen LogP contribution in [0.1, 0.15) is 24.1 Å². The topological polar surface area (TPSA) is 39.7 Å². The summed E-state index contributed by atoms with van der Waals surface area (Å²) >= 11 is 0. The van der Waals surface area contributed by atoms with Crippen molar-refractivity contribution >= 4 is 0 Å². The Balaban J connectivity index is 1.57. The van der Waals surface area contributed by atoms with Crippen LogP contribution in [0.3, 0.4) is 0 Å². The summed E-state index contributed by atoms with van der Waals surface area (Å²) in [5.41, 5.74) is 3.75. The third-order valence-corrected chi connectivity index (χ3v) is 4.89. The summed E-state index contributed by atoms with van der Waals surface area (Å²) in [4.78, 5) is 0. The molecule has 29 heavy (non-hydrogen) atoms. The molecule has 150 valence electrons. The van der Waals surface area contributed by atoms with Crippen LogP contribution in [0.25, 0.3) is 11.1 Å². The summed E-state index contributed by atoms with van der Waals surface area (Å²) in [5.74, 6) is 0.679. The van der Waals surface area contributed by atoms with Gasteiger partial charge in [0.2, 0.25) is 0 Å². The fourth-order valence-electron chi connectivity index (χ4n) is 3.34. The number of alkyl halides is 2.